The summed E-state index contributed by atoms with van der Waals surface area (Å²) in [4.78, 5) is 37.5. The number of ether oxygens (including phenoxy) is 1. The van der Waals surface area contributed by atoms with Crippen LogP contribution in [0.25, 0.3) is 0 Å². The predicted octanol–water partition coefficient (Wildman–Crippen LogP) is -0.186. The van der Waals surface area contributed by atoms with E-state index in [1.807, 2.05) is 6.07 Å². The van der Waals surface area contributed by atoms with Gasteiger partial charge in [-0.2, -0.15) is 5.26 Å². The first-order chi connectivity index (χ1) is 11.6. The molecule has 0 aliphatic carbocycles. The van der Waals surface area contributed by atoms with E-state index in [1.54, 1.807) is 34.1 Å². The van der Waals surface area contributed by atoms with Gasteiger partial charge >= 0.3 is 0 Å². The fourth-order valence-electron chi connectivity index (χ4n) is 2.22. The third kappa shape index (κ3) is 5.07. The summed E-state index contributed by atoms with van der Waals surface area (Å²) in [5.74, 6) is -0.579. The number of nitriles is 1. The van der Waals surface area contributed by atoms with Gasteiger partial charge < -0.3 is 19.9 Å². The number of rotatable bonds is 6. The second-order valence-electron chi connectivity index (χ2n) is 5.25. The Morgan fingerprint density at radius 3 is 2.42 bits per heavy atom. The van der Waals surface area contributed by atoms with Gasteiger partial charge in [0.15, 0.2) is 0 Å². The molecule has 0 saturated carbocycles. The molecule has 0 bridgehead atoms. The van der Waals surface area contributed by atoms with E-state index in [0.29, 0.717) is 37.4 Å². The molecule has 1 heterocycles. The average Bonchev–Trinajstić information content (AvgIpc) is 2.62. The Bertz CT molecular complexity index is 630. The van der Waals surface area contributed by atoms with Crippen molar-refractivity contribution in [2.45, 2.75) is 0 Å². The lowest BCUT2D eigenvalue weighted by Gasteiger charge is -2.32. The molecule has 8 heteroatoms. The Morgan fingerprint density at radius 2 is 1.83 bits per heavy atom. The molecule has 1 saturated heterocycles. The van der Waals surface area contributed by atoms with E-state index in [-0.39, 0.29) is 25.0 Å². The van der Waals surface area contributed by atoms with E-state index >= 15 is 0 Å². The second kappa shape index (κ2) is 8.64. The second-order valence-corrected chi connectivity index (χ2v) is 5.25. The highest BCUT2D eigenvalue weighted by atomic mass is 16.5. The van der Waals surface area contributed by atoms with Crippen molar-refractivity contribution in [3.8, 4) is 6.07 Å². The van der Waals surface area contributed by atoms with Gasteiger partial charge in [-0.15, -0.1) is 0 Å². The number of carbonyl (C=O) groups is 3. The summed E-state index contributed by atoms with van der Waals surface area (Å²) < 4.78 is 5.14. The summed E-state index contributed by atoms with van der Waals surface area (Å²) in [5.41, 5.74) is 1.06. The molecule has 24 heavy (non-hydrogen) atoms. The quantitative estimate of drug-likeness (QED) is 0.729. The van der Waals surface area contributed by atoms with E-state index in [4.69, 9.17) is 10.00 Å². The summed E-state index contributed by atoms with van der Waals surface area (Å²) in [5, 5.41) is 11.3. The lowest BCUT2D eigenvalue weighted by atomic mass is 10.2. The minimum atomic E-state index is -0.377. The minimum absolute atomic E-state index is 0.179. The van der Waals surface area contributed by atoms with Gasteiger partial charge in [-0.1, -0.05) is 0 Å². The number of anilines is 1. The van der Waals surface area contributed by atoms with Gasteiger partial charge in [-0.3, -0.25) is 14.4 Å². The summed E-state index contributed by atoms with van der Waals surface area (Å²) in [6, 6.07) is 8.42. The Morgan fingerprint density at radius 1 is 1.17 bits per heavy atom. The van der Waals surface area contributed by atoms with Crippen molar-refractivity contribution in [2.24, 2.45) is 0 Å². The van der Waals surface area contributed by atoms with Crippen molar-refractivity contribution < 1.29 is 19.1 Å². The minimum Gasteiger partial charge on any atom is -0.362 e. The summed E-state index contributed by atoms with van der Waals surface area (Å²) in [7, 11) is 0. The van der Waals surface area contributed by atoms with Gasteiger partial charge in [0.2, 0.25) is 18.2 Å². The molecule has 1 fully saturated rings. The zero-order valence-corrected chi connectivity index (χ0v) is 13.1. The molecule has 0 spiro atoms. The zero-order valence-electron chi connectivity index (χ0n) is 13.1. The van der Waals surface area contributed by atoms with Crippen molar-refractivity contribution in [3.05, 3.63) is 29.8 Å². The molecular weight excluding hydrogens is 312 g/mol. The lowest BCUT2D eigenvalue weighted by Crippen LogP contribution is -2.49. The normalized spacial score (nSPS) is 14.0. The van der Waals surface area contributed by atoms with Gasteiger partial charge in [0.1, 0.15) is 13.2 Å². The molecule has 1 N–H and O–H groups in total. The van der Waals surface area contributed by atoms with Crippen molar-refractivity contribution in [1.29, 1.82) is 5.26 Å². The average molecular weight is 330 g/mol. The smallest absolute Gasteiger partial charge is 0.250 e. The van der Waals surface area contributed by atoms with Crippen molar-refractivity contribution >= 4 is 23.9 Å². The summed E-state index contributed by atoms with van der Waals surface area (Å²) in [6.45, 7) is 1.54. The van der Waals surface area contributed by atoms with E-state index in [9.17, 15) is 14.4 Å². The Kier molecular flexibility index (Phi) is 6.28. The maximum atomic E-state index is 11.9. The zero-order chi connectivity index (χ0) is 17.4. The molecule has 2 rings (SSSR count). The van der Waals surface area contributed by atoms with Crippen LogP contribution in [0.5, 0.6) is 0 Å². The van der Waals surface area contributed by atoms with Crippen LogP contribution in [-0.2, 0) is 19.1 Å². The Labute approximate surface area is 139 Å². The van der Waals surface area contributed by atoms with E-state index in [1.165, 1.54) is 0 Å². The lowest BCUT2D eigenvalue weighted by molar-refractivity contribution is -0.140. The van der Waals surface area contributed by atoms with Crippen LogP contribution in [-0.4, -0.2) is 67.4 Å². The molecule has 8 nitrogen and oxygen atoms in total. The van der Waals surface area contributed by atoms with Gasteiger partial charge in [-0.25, -0.2) is 0 Å². The van der Waals surface area contributed by atoms with Crippen LogP contribution in [0.3, 0.4) is 0 Å². The Balaban J connectivity index is 1.67. The fourth-order valence-corrected chi connectivity index (χ4v) is 2.22. The van der Waals surface area contributed by atoms with Crippen LogP contribution >= 0.6 is 0 Å². The molecule has 0 radical (unpaired) electrons. The maximum Gasteiger partial charge on any atom is 0.250 e. The first kappa shape index (κ1) is 17.4. The number of nitrogens with zero attached hydrogens (tertiary/aromatic N) is 3. The number of hydrogen-bond acceptors (Lipinski definition) is 5. The van der Waals surface area contributed by atoms with Gasteiger partial charge in [-0.05, 0) is 24.3 Å². The monoisotopic (exact) mass is 330 g/mol. The maximum absolute atomic E-state index is 11.9. The number of carbonyl (C=O) groups excluding carboxylic acids is 3. The molecule has 3 amide bonds. The van der Waals surface area contributed by atoms with Crippen molar-refractivity contribution in [1.82, 2.24) is 9.80 Å². The first-order valence-electron chi connectivity index (χ1n) is 7.47. The third-order valence-corrected chi connectivity index (χ3v) is 3.57. The first-order valence-corrected chi connectivity index (χ1v) is 7.47. The fraction of sp³-hybridized carbons (Fsp3) is 0.375. The standard InChI is InChI=1S/C16H18N4O4/c17-9-13-1-3-14(4-2-13)18-15(22)10-24-11-16(23)20-7-5-19(12-21)6-8-20/h1-4,12H,5-8,10-11H2,(H,18,22). The van der Waals surface area contributed by atoms with Crippen LogP contribution < -0.4 is 5.32 Å². The molecule has 126 valence electrons. The highest BCUT2D eigenvalue weighted by Gasteiger charge is 2.20. The van der Waals surface area contributed by atoms with E-state index in [0.717, 1.165) is 6.41 Å². The molecule has 1 aromatic carbocycles. The highest BCUT2D eigenvalue weighted by molar-refractivity contribution is 5.91. The number of benzene rings is 1. The number of piperazine rings is 1. The van der Waals surface area contributed by atoms with Crippen LogP contribution in [0.1, 0.15) is 5.56 Å². The predicted molar refractivity (Wildman–Crippen MR) is 84.8 cm³/mol. The van der Waals surface area contributed by atoms with Gasteiger partial charge in [0, 0.05) is 31.9 Å². The summed E-state index contributed by atoms with van der Waals surface area (Å²) >= 11 is 0. The molecule has 1 aliphatic heterocycles. The molecule has 0 aromatic heterocycles. The van der Waals surface area contributed by atoms with Crippen LogP contribution in [0.4, 0.5) is 5.69 Å². The topological polar surface area (TPSA) is 103 Å². The largest absolute Gasteiger partial charge is 0.362 e. The van der Waals surface area contributed by atoms with Crippen LogP contribution in [0, 0.1) is 11.3 Å². The number of hydrogen-bond donors (Lipinski definition) is 1. The number of nitrogens with one attached hydrogen (secondary N) is 1. The number of amides is 3. The van der Waals surface area contributed by atoms with Crippen LogP contribution in [0.15, 0.2) is 24.3 Å². The highest BCUT2D eigenvalue weighted by Crippen LogP contribution is 2.08. The molecule has 0 atom stereocenters. The van der Waals surface area contributed by atoms with Crippen LogP contribution in [0.2, 0.25) is 0 Å². The van der Waals surface area contributed by atoms with E-state index < -0.39 is 0 Å². The van der Waals surface area contributed by atoms with Gasteiger partial charge in [0.25, 0.3) is 0 Å². The van der Waals surface area contributed by atoms with Gasteiger partial charge in [0.05, 0.1) is 11.6 Å². The van der Waals surface area contributed by atoms with E-state index in [2.05, 4.69) is 5.32 Å². The van der Waals surface area contributed by atoms with Crippen molar-refractivity contribution in [3.63, 3.8) is 0 Å². The SMILES string of the molecule is N#Cc1ccc(NC(=O)COCC(=O)N2CCN(C=O)CC2)cc1. The summed E-state index contributed by atoms with van der Waals surface area (Å²) in [6.07, 6.45) is 0.770. The molecule has 1 aliphatic rings. The molecular formula is C16H18N4O4. The molecule has 0 unspecified atom stereocenters. The molecule has 1 aromatic rings. The Hall–Kier alpha value is -2.92. The third-order valence-electron chi connectivity index (χ3n) is 3.57. The van der Waals surface area contributed by atoms with Crippen molar-refractivity contribution in [2.75, 3.05) is 44.7 Å².